The van der Waals surface area contributed by atoms with E-state index in [4.69, 9.17) is 0 Å². The molecule has 134 valence electrons. The molecule has 0 atom stereocenters. The Bertz CT molecular complexity index is 737. The molecule has 7 heteroatoms. The molecule has 1 heterocycles. The van der Waals surface area contributed by atoms with E-state index < -0.39 is 0 Å². The molecule has 0 unspecified atom stereocenters. The standard InChI is InChI=1S/C18H22FN3O3/c1-21(14-6-2-12(11-23)3-7-14)18(25)17-16(24)10-22(20-17)15-8-4-13(19)5-9-15/h4-5,8-10,12,14,23-24H,2-3,6-7,11H2,1H3. The Hall–Kier alpha value is -2.41. The van der Waals surface area contributed by atoms with E-state index in [9.17, 15) is 19.4 Å². The van der Waals surface area contributed by atoms with Gasteiger partial charge in [0.05, 0.1) is 11.9 Å². The van der Waals surface area contributed by atoms with Crippen LogP contribution in [-0.4, -0.2) is 50.5 Å². The SMILES string of the molecule is CN(C(=O)c1nn(-c2ccc(F)cc2)cc1O)C1CCC(CO)CC1. The maximum Gasteiger partial charge on any atom is 0.278 e. The van der Waals surface area contributed by atoms with E-state index in [-0.39, 0.29) is 35.8 Å². The topological polar surface area (TPSA) is 78.6 Å². The van der Waals surface area contributed by atoms with Gasteiger partial charge in [-0.25, -0.2) is 9.07 Å². The third-order valence-corrected chi connectivity index (χ3v) is 4.93. The number of aromatic nitrogens is 2. The van der Waals surface area contributed by atoms with Crippen molar-refractivity contribution in [2.75, 3.05) is 13.7 Å². The lowest BCUT2D eigenvalue weighted by atomic mass is 9.86. The van der Waals surface area contributed by atoms with Crippen LogP contribution in [0.25, 0.3) is 5.69 Å². The number of hydrogen-bond donors (Lipinski definition) is 2. The highest BCUT2D eigenvalue weighted by Crippen LogP contribution is 2.28. The summed E-state index contributed by atoms with van der Waals surface area (Å²) in [7, 11) is 1.71. The number of carbonyl (C=O) groups excluding carboxylic acids is 1. The van der Waals surface area contributed by atoms with Crippen LogP contribution >= 0.6 is 0 Å². The van der Waals surface area contributed by atoms with E-state index in [1.165, 1.54) is 35.1 Å². The molecule has 1 aromatic heterocycles. The Kier molecular flexibility index (Phi) is 5.03. The fourth-order valence-electron chi connectivity index (χ4n) is 3.29. The number of hydrogen-bond acceptors (Lipinski definition) is 4. The van der Waals surface area contributed by atoms with Gasteiger partial charge in [0.2, 0.25) is 0 Å². The molecule has 0 spiro atoms. The molecule has 1 aliphatic carbocycles. The van der Waals surface area contributed by atoms with Gasteiger partial charge in [0.1, 0.15) is 5.82 Å². The highest BCUT2D eigenvalue weighted by Gasteiger charge is 2.29. The second-order valence-corrected chi connectivity index (χ2v) is 6.56. The summed E-state index contributed by atoms with van der Waals surface area (Å²) in [5.74, 6) is -0.600. The molecule has 0 aliphatic heterocycles. The van der Waals surface area contributed by atoms with Crippen molar-refractivity contribution in [3.8, 4) is 11.4 Å². The van der Waals surface area contributed by atoms with Crippen molar-refractivity contribution in [2.24, 2.45) is 5.92 Å². The van der Waals surface area contributed by atoms with Crippen LogP contribution in [0.15, 0.2) is 30.5 Å². The first-order valence-corrected chi connectivity index (χ1v) is 8.42. The second kappa shape index (κ2) is 7.23. The Morgan fingerprint density at radius 1 is 1.28 bits per heavy atom. The minimum atomic E-state index is -0.366. The quantitative estimate of drug-likeness (QED) is 0.890. The molecule has 1 aromatic carbocycles. The lowest BCUT2D eigenvalue weighted by Gasteiger charge is -2.33. The molecule has 2 N–H and O–H groups in total. The Balaban J connectivity index is 1.75. The zero-order valence-electron chi connectivity index (χ0n) is 14.1. The van der Waals surface area contributed by atoms with Crippen molar-refractivity contribution >= 4 is 5.91 Å². The number of amides is 1. The van der Waals surface area contributed by atoms with Crippen LogP contribution in [-0.2, 0) is 0 Å². The monoisotopic (exact) mass is 347 g/mol. The summed E-state index contributed by atoms with van der Waals surface area (Å²) in [5.41, 5.74) is 0.540. The number of rotatable bonds is 4. The van der Waals surface area contributed by atoms with Crippen molar-refractivity contribution in [3.63, 3.8) is 0 Å². The summed E-state index contributed by atoms with van der Waals surface area (Å²) < 4.78 is 14.4. The lowest BCUT2D eigenvalue weighted by Crippen LogP contribution is -2.40. The first-order chi connectivity index (χ1) is 12.0. The Morgan fingerprint density at radius 3 is 2.52 bits per heavy atom. The van der Waals surface area contributed by atoms with Crippen molar-refractivity contribution < 1.29 is 19.4 Å². The zero-order valence-corrected chi connectivity index (χ0v) is 14.1. The smallest absolute Gasteiger partial charge is 0.278 e. The van der Waals surface area contributed by atoms with Gasteiger partial charge in [-0.2, -0.15) is 5.10 Å². The van der Waals surface area contributed by atoms with Gasteiger partial charge < -0.3 is 15.1 Å². The molecule has 1 saturated carbocycles. The van der Waals surface area contributed by atoms with Gasteiger partial charge in [0, 0.05) is 19.7 Å². The van der Waals surface area contributed by atoms with Crippen molar-refractivity contribution in [1.82, 2.24) is 14.7 Å². The molecule has 0 bridgehead atoms. The number of halogens is 1. The Labute approximate surface area is 145 Å². The lowest BCUT2D eigenvalue weighted by molar-refractivity contribution is 0.0644. The van der Waals surface area contributed by atoms with Crippen molar-refractivity contribution in [3.05, 3.63) is 42.0 Å². The van der Waals surface area contributed by atoms with Gasteiger partial charge in [-0.15, -0.1) is 0 Å². The number of carbonyl (C=O) groups is 1. The summed E-state index contributed by atoms with van der Waals surface area (Å²) >= 11 is 0. The number of aliphatic hydroxyl groups excluding tert-OH is 1. The number of benzene rings is 1. The molecule has 3 rings (SSSR count). The zero-order chi connectivity index (χ0) is 18.0. The minimum absolute atomic E-state index is 0.0175. The Morgan fingerprint density at radius 2 is 1.92 bits per heavy atom. The second-order valence-electron chi connectivity index (χ2n) is 6.56. The highest BCUT2D eigenvalue weighted by atomic mass is 19.1. The van der Waals surface area contributed by atoms with Gasteiger partial charge >= 0.3 is 0 Å². The molecule has 1 aliphatic rings. The first-order valence-electron chi connectivity index (χ1n) is 8.42. The van der Waals surface area contributed by atoms with Crippen LogP contribution in [0, 0.1) is 11.7 Å². The summed E-state index contributed by atoms with van der Waals surface area (Å²) in [6, 6.07) is 5.71. The fraction of sp³-hybridized carbons (Fsp3) is 0.444. The normalized spacial score (nSPS) is 20.4. The average Bonchev–Trinajstić information content (AvgIpc) is 3.03. The number of nitrogens with zero attached hydrogens (tertiary/aromatic N) is 3. The molecule has 0 radical (unpaired) electrons. The minimum Gasteiger partial charge on any atom is -0.504 e. The van der Waals surface area contributed by atoms with E-state index in [1.807, 2.05) is 0 Å². The van der Waals surface area contributed by atoms with E-state index in [1.54, 1.807) is 11.9 Å². The van der Waals surface area contributed by atoms with E-state index in [2.05, 4.69) is 5.10 Å². The summed E-state index contributed by atoms with van der Waals surface area (Å²) in [6.07, 6.45) is 4.76. The fourth-order valence-corrected chi connectivity index (χ4v) is 3.29. The van der Waals surface area contributed by atoms with Crippen LogP contribution in [0.5, 0.6) is 5.75 Å². The first kappa shape index (κ1) is 17.4. The maximum atomic E-state index is 13.0. The van der Waals surface area contributed by atoms with E-state index in [0.717, 1.165) is 25.7 Å². The van der Waals surface area contributed by atoms with Crippen LogP contribution in [0.3, 0.4) is 0 Å². The van der Waals surface area contributed by atoms with Crippen molar-refractivity contribution in [1.29, 1.82) is 0 Å². The van der Waals surface area contributed by atoms with Gasteiger partial charge in [0.15, 0.2) is 11.4 Å². The summed E-state index contributed by atoms with van der Waals surface area (Å²) in [4.78, 5) is 14.3. The predicted molar refractivity (Wildman–Crippen MR) is 90.1 cm³/mol. The molecule has 6 nitrogen and oxygen atoms in total. The van der Waals surface area contributed by atoms with Crippen LogP contribution in [0.1, 0.15) is 36.2 Å². The maximum absolute atomic E-state index is 13.0. The third-order valence-electron chi connectivity index (χ3n) is 4.93. The molecular formula is C18H22FN3O3. The van der Waals surface area contributed by atoms with Gasteiger partial charge in [-0.3, -0.25) is 4.79 Å². The molecule has 1 fully saturated rings. The van der Waals surface area contributed by atoms with Gasteiger partial charge in [-0.1, -0.05) is 0 Å². The molecule has 1 amide bonds. The van der Waals surface area contributed by atoms with Crippen LogP contribution < -0.4 is 0 Å². The number of aromatic hydroxyl groups is 1. The predicted octanol–water partition coefficient (Wildman–Crippen LogP) is 2.34. The van der Waals surface area contributed by atoms with Crippen LogP contribution in [0.2, 0.25) is 0 Å². The third kappa shape index (κ3) is 3.66. The number of aliphatic hydroxyl groups is 1. The van der Waals surface area contributed by atoms with E-state index in [0.29, 0.717) is 11.6 Å². The van der Waals surface area contributed by atoms with Crippen LogP contribution in [0.4, 0.5) is 4.39 Å². The largest absolute Gasteiger partial charge is 0.504 e. The van der Waals surface area contributed by atoms with Crippen molar-refractivity contribution in [2.45, 2.75) is 31.7 Å². The van der Waals surface area contributed by atoms with E-state index >= 15 is 0 Å². The summed E-state index contributed by atoms with van der Waals surface area (Å²) in [6.45, 7) is 0.188. The molecular weight excluding hydrogens is 325 g/mol. The average molecular weight is 347 g/mol. The highest BCUT2D eigenvalue weighted by molar-refractivity contribution is 5.94. The molecule has 0 saturated heterocycles. The molecule has 2 aromatic rings. The van der Waals surface area contributed by atoms with Gasteiger partial charge in [-0.05, 0) is 55.9 Å². The summed E-state index contributed by atoms with van der Waals surface area (Å²) in [5, 5.41) is 23.5. The molecule has 25 heavy (non-hydrogen) atoms. The van der Waals surface area contributed by atoms with Gasteiger partial charge in [0.25, 0.3) is 5.91 Å².